The second-order valence-electron chi connectivity index (χ2n) is 4.41. The first-order valence-corrected chi connectivity index (χ1v) is 6.19. The molecule has 4 nitrogen and oxygen atoms in total. The van der Waals surface area contributed by atoms with E-state index in [4.69, 9.17) is 11.0 Å². The number of H-pyrrole nitrogens is 1. The first-order valence-electron chi connectivity index (χ1n) is 6.19. The van der Waals surface area contributed by atoms with Crippen molar-refractivity contribution in [2.24, 2.45) is 0 Å². The summed E-state index contributed by atoms with van der Waals surface area (Å²) in [4.78, 5) is 7.17. The molecule has 0 amide bonds. The number of hydrogen-bond donors (Lipinski definition) is 2. The number of nitrogens with two attached hydrogens (primary N) is 1. The lowest BCUT2D eigenvalue weighted by molar-refractivity contribution is 1.35. The third-order valence-corrected chi connectivity index (χ3v) is 3.10. The third-order valence-electron chi connectivity index (χ3n) is 3.10. The smallest absolute Gasteiger partial charge is 0.198 e. The Morgan fingerprint density at radius 2 is 1.95 bits per heavy atom. The van der Waals surface area contributed by atoms with Crippen molar-refractivity contribution in [2.45, 2.75) is 0 Å². The lowest BCUT2D eigenvalue weighted by Gasteiger charge is -2.06. The van der Waals surface area contributed by atoms with Gasteiger partial charge in [-0.15, -0.1) is 0 Å². The molecular formula is C16H12N4. The van der Waals surface area contributed by atoms with Gasteiger partial charge in [0.2, 0.25) is 0 Å². The summed E-state index contributed by atoms with van der Waals surface area (Å²) < 4.78 is 0. The number of nitrogen functional groups attached to an aromatic ring is 1. The Kier molecular flexibility index (Phi) is 2.94. The zero-order valence-electron chi connectivity index (χ0n) is 10.7. The molecule has 2 aromatic carbocycles. The van der Waals surface area contributed by atoms with E-state index in [-0.39, 0.29) is 0 Å². The molecule has 0 atom stereocenters. The molecule has 0 bridgehead atoms. The number of imidazole rings is 1. The fourth-order valence-corrected chi connectivity index (χ4v) is 2.21. The van der Waals surface area contributed by atoms with Gasteiger partial charge in [-0.1, -0.05) is 36.4 Å². The highest BCUT2D eigenvalue weighted by Crippen LogP contribution is 2.26. The van der Waals surface area contributed by atoms with Gasteiger partial charge in [-0.25, -0.2) is 4.98 Å². The van der Waals surface area contributed by atoms with Crippen LogP contribution in [0.3, 0.4) is 0 Å². The Morgan fingerprint density at radius 1 is 1.15 bits per heavy atom. The van der Waals surface area contributed by atoms with Gasteiger partial charge in [0.15, 0.2) is 5.95 Å². The number of rotatable bonds is 2. The number of nitrogens with zero attached hydrogens (tertiary/aromatic N) is 2. The standard InChI is InChI=1S/C16H12N4/c17-9-8-13(11-4-2-1-3-5-11)12-6-7-14-15(10-12)20-16(18)19-14/h1-8,10H,(H3,18,19,20). The fourth-order valence-electron chi connectivity index (χ4n) is 2.21. The van der Waals surface area contributed by atoms with Gasteiger partial charge in [-0.05, 0) is 28.8 Å². The second kappa shape index (κ2) is 4.90. The molecule has 1 aromatic heterocycles. The molecule has 0 aliphatic rings. The number of nitriles is 1. The molecule has 0 fully saturated rings. The molecule has 0 spiro atoms. The summed E-state index contributed by atoms with van der Waals surface area (Å²) >= 11 is 0. The minimum atomic E-state index is 0.391. The van der Waals surface area contributed by atoms with Crippen molar-refractivity contribution in [3.63, 3.8) is 0 Å². The average molecular weight is 260 g/mol. The zero-order valence-corrected chi connectivity index (χ0v) is 10.7. The minimum Gasteiger partial charge on any atom is -0.369 e. The number of aromatic nitrogens is 2. The van der Waals surface area contributed by atoms with E-state index in [1.807, 2.05) is 48.5 Å². The molecule has 20 heavy (non-hydrogen) atoms. The molecule has 0 radical (unpaired) electrons. The first kappa shape index (κ1) is 12.0. The van der Waals surface area contributed by atoms with Gasteiger partial charge in [-0.3, -0.25) is 0 Å². The Morgan fingerprint density at radius 3 is 2.70 bits per heavy atom. The molecule has 1 heterocycles. The molecule has 0 saturated heterocycles. The van der Waals surface area contributed by atoms with Gasteiger partial charge >= 0.3 is 0 Å². The van der Waals surface area contributed by atoms with Crippen LogP contribution in [-0.4, -0.2) is 9.97 Å². The third kappa shape index (κ3) is 2.13. The maximum atomic E-state index is 9.01. The van der Waals surface area contributed by atoms with Gasteiger partial charge < -0.3 is 10.7 Å². The largest absolute Gasteiger partial charge is 0.369 e. The number of fused-ring (bicyclic) bond motifs is 1. The number of hydrogen-bond acceptors (Lipinski definition) is 3. The van der Waals surface area contributed by atoms with Gasteiger partial charge in [0.05, 0.1) is 17.1 Å². The van der Waals surface area contributed by atoms with E-state index < -0.39 is 0 Å². The van der Waals surface area contributed by atoms with Crippen LogP contribution >= 0.6 is 0 Å². The summed E-state index contributed by atoms with van der Waals surface area (Å²) in [5.74, 6) is 0.391. The quantitative estimate of drug-likeness (QED) is 0.695. The van der Waals surface area contributed by atoms with Crippen molar-refractivity contribution in [1.29, 1.82) is 5.26 Å². The number of anilines is 1. The summed E-state index contributed by atoms with van der Waals surface area (Å²) in [6, 6.07) is 17.7. The van der Waals surface area contributed by atoms with Crippen LogP contribution < -0.4 is 5.73 Å². The minimum absolute atomic E-state index is 0.391. The Labute approximate surface area is 116 Å². The number of nitrogens with one attached hydrogen (secondary N) is 1. The van der Waals surface area contributed by atoms with Gasteiger partial charge in [0, 0.05) is 6.08 Å². The fraction of sp³-hybridized carbons (Fsp3) is 0. The highest BCUT2D eigenvalue weighted by Gasteiger charge is 2.07. The summed E-state index contributed by atoms with van der Waals surface area (Å²) in [7, 11) is 0. The van der Waals surface area contributed by atoms with Crippen LogP contribution in [-0.2, 0) is 0 Å². The number of aromatic amines is 1. The highest BCUT2D eigenvalue weighted by atomic mass is 15.0. The molecule has 96 valence electrons. The van der Waals surface area contributed by atoms with Crippen molar-refractivity contribution >= 4 is 22.6 Å². The topological polar surface area (TPSA) is 78.5 Å². The molecule has 3 aromatic rings. The number of allylic oxidation sites excluding steroid dienone is 1. The highest BCUT2D eigenvalue weighted by molar-refractivity contribution is 5.87. The predicted octanol–water partition coefficient (Wildman–Crippen LogP) is 3.10. The van der Waals surface area contributed by atoms with E-state index in [0.29, 0.717) is 5.95 Å². The van der Waals surface area contributed by atoms with E-state index in [1.165, 1.54) is 0 Å². The monoisotopic (exact) mass is 260 g/mol. The van der Waals surface area contributed by atoms with Crippen LogP contribution in [0.25, 0.3) is 16.6 Å². The van der Waals surface area contributed by atoms with E-state index >= 15 is 0 Å². The summed E-state index contributed by atoms with van der Waals surface area (Å²) in [5.41, 5.74) is 10.2. The van der Waals surface area contributed by atoms with Crippen LogP contribution in [0, 0.1) is 11.3 Å². The van der Waals surface area contributed by atoms with Crippen LogP contribution in [0.2, 0.25) is 0 Å². The average Bonchev–Trinajstić information content (AvgIpc) is 2.84. The summed E-state index contributed by atoms with van der Waals surface area (Å²) in [5, 5.41) is 9.01. The van der Waals surface area contributed by atoms with Crippen molar-refractivity contribution < 1.29 is 0 Å². The van der Waals surface area contributed by atoms with Gasteiger partial charge in [0.25, 0.3) is 0 Å². The van der Waals surface area contributed by atoms with E-state index in [1.54, 1.807) is 6.08 Å². The van der Waals surface area contributed by atoms with Crippen molar-refractivity contribution in [1.82, 2.24) is 9.97 Å². The normalized spacial score (nSPS) is 11.4. The maximum absolute atomic E-state index is 9.01. The van der Waals surface area contributed by atoms with Crippen molar-refractivity contribution in [3.05, 3.63) is 65.7 Å². The molecular weight excluding hydrogens is 248 g/mol. The van der Waals surface area contributed by atoms with Gasteiger partial charge in [0.1, 0.15) is 0 Å². The van der Waals surface area contributed by atoms with E-state index in [0.717, 1.165) is 27.7 Å². The number of benzene rings is 2. The SMILES string of the molecule is N#CC=C(c1ccccc1)c1ccc2nc(N)[nH]c2c1. The molecule has 3 rings (SSSR count). The van der Waals surface area contributed by atoms with Crippen molar-refractivity contribution in [3.8, 4) is 6.07 Å². The molecule has 0 saturated carbocycles. The Balaban J connectivity index is 2.15. The van der Waals surface area contributed by atoms with Crippen LogP contribution in [0.5, 0.6) is 0 Å². The van der Waals surface area contributed by atoms with Crippen LogP contribution in [0.15, 0.2) is 54.6 Å². The zero-order chi connectivity index (χ0) is 13.9. The lowest BCUT2D eigenvalue weighted by Crippen LogP contribution is -1.88. The second-order valence-corrected chi connectivity index (χ2v) is 4.41. The lowest BCUT2D eigenvalue weighted by atomic mass is 9.97. The molecule has 0 aliphatic heterocycles. The van der Waals surface area contributed by atoms with Gasteiger partial charge in [-0.2, -0.15) is 5.26 Å². The van der Waals surface area contributed by atoms with Crippen molar-refractivity contribution in [2.75, 3.05) is 5.73 Å². The van der Waals surface area contributed by atoms with E-state index in [9.17, 15) is 0 Å². The van der Waals surface area contributed by atoms with E-state index in [2.05, 4.69) is 16.0 Å². The summed E-state index contributed by atoms with van der Waals surface area (Å²) in [6.07, 6.45) is 1.55. The first-order chi connectivity index (χ1) is 9.78. The molecule has 3 N–H and O–H groups in total. The Bertz CT molecular complexity index is 823. The van der Waals surface area contributed by atoms with Crippen LogP contribution in [0.1, 0.15) is 11.1 Å². The molecule has 4 heteroatoms. The molecule has 0 aliphatic carbocycles. The maximum Gasteiger partial charge on any atom is 0.198 e. The Hall–Kier alpha value is -3.06. The summed E-state index contributed by atoms with van der Waals surface area (Å²) in [6.45, 7) is 0. The van der Waals surface area contributed by atoms with Crippen LogP contribution in [0.4, 0.5) is 5.95 Å². The predicted molar refractivity (Wildman–Crippen MR) is 79.6 cm³/mol. The molecule has 0 unspecified atom stereocenters.